The highest BCUT2D eigenvalue weighted by atomic mass is 32.2. The molecule has 0 radical (unpaired) electrons. The monoisotopic (exact) mass is 432 g/mol. The minimum atomic E-state index is -3.60. The summed E-state index contributed by atoms with van der Waals surface area (Å²) in [5.74, 6) is 1.52. The molecule has 2 aliphatic heterocycles. The molecule has 2 heterocycles. The van der Waals surface area contributed by atoms with Crippen LogP contribution in [-0.4, -0.2) is 55.5 Å². The molecule has 1 aromatic rings. The van der Waals surface area contributed by atoms with E-state index in [2.05, 4.69) is 4.90 Å². The third-order valence-corrected chi connectivity index (χ3v) is 9.22. The maximum atomic E-state index is 13.1. The lowest BCUT2D eigenvalue weighted by atomic mass is 9.75. The van der Waals surface area contributed by atoms with E-state index < -0.39 is 10.0 Å². The molecule has 0 bridgehead atoms. The molecule has 1 aliphatic carbocycles. The Labute approximate surface area is 179 Å². The van der Waals surface area contributed by atoms with Crippen molar-refractivity contribution in [3.63, 3.8) is 0 Å². The van der Waals surface area contributed by atoms with Crippen LogP contribution in [0.25, 0.3) is 0 Å². The van der Waals surface area contributed by atoms with E-state index in [-0.39, 0.29) is 22.5 Å². The van der Waals surface area contributed by atoms with Crippen molar-refractivity contribution in [3.05, 3.63) is 29.8 Å². The highest BCUT2D eigenvalue weighted by molar-refractivity contribution is 7.89. The number of hydrogen-bond acceptors (Lipinski definition) is 4. The van der Waals surface area contributed by atoms with Crippen molar-refractivity contribution in [2.75, 3.05) is 26.2 Å². The van der Waals surface area contributed by atoms with Gasteiger partial charge >= 0.3 is 0 Å². The van der Waals surface area contributed by atoms with Gasteiger partial charge in [0.05, 0.1) is 4.90 Å². The number of benzene rings is 1. The summed E-state index contributed by atoms with van der Waals surface area (Å²) in [7, 11) is -3.60. The Morgan fingerprint density at radius 2 is 1.50 bits per heavy atom. The molecule has 30 heavy (non-hydrogen) atoms. The summed E-state index contributed by atoms with van der Waals surface area (Å²) in [5, 5.41) is 0. The van der Waals surface area contributed by atoms with Gasteiger partial charge in [0.15, 0.2) is 5.78 Å². The fourth-order valence-corrected chi connectivity index (χ4v) is 6.88. The van der Waals surface area contributed by atoms with Gasteiger partial charge in [-0.15, -0.1) is 0 Å². The number of rotatable bonds is 4. The van der Waals surface area contributed by atoms with Gasteiger partial charge in [0.2, 0.25) is 15.9 Å². The van der Waals surface area contributed by atoms with Crippen molar-refractivity contribution in [2.45, 2.75) is 56.8 Å². The number of nitrogens with zero attached hydrogens (tertiary/aromatic N) is 2. The average molecular weight is 433 g/mol. The van der Waals surface area contributed by atoms with Gasteiger partial charge in [-0.1, -0.05) is 31.4 Å². The van der Waals surface area contributed by atoms with Crippen molar-refractivity contribution in [1.29, 1.82) is 0 Å². The topological polar surface area (TPSA) is 74.8 Å². The number of amides is 1. The summed E-state index contributed by atoms with van der Waals surface area (Å²) < 4.78 is 27.4. The lowest BCUT2D eigenvalue weighted by Gasteiger charge is -2.43. The molecule has 0 spiro atoms. The van der Waals surface area contributed by atoms with Gasteiger partial charge in [0.25, 0.3) is 0 Å². The van der Waals surface area contributed by atoms with Crippen LogP contribution in [0.4, 0.5) is 0 Å². The Balaban J connectivity index is 1.35. The molecule has 0 aromatic heterocycles. The van der Waals surface area contributed by atoms with E-state index in [0.717, 1.165) is 25.4 Å². The fourth-order valence-electron chi connectivity index (χ4n) is 5.41. The quantitative estimate of drug-likeness (QED) is 0.684. The van der Waals surface area contributed by atoms with Crippen molar-refractivity contribution in [2.24, 2.45) is 17.8 Å². The highest BCUT2D eigenvalue weighted by Gasteiger charge is 2.37. The van der Waals surface area contributed by atoms with E-state index in [1.54, 1.807) is 12.1 Å². The zero-order chi connectivity index (χ0) is 21.3. The molecule has 2 atom stereocenters. The second kappa shape index (κ2) is 8.79. The van der Waals surface area contributed by atoms with Crippen LogP contribution in [0.2, 0.25) is 0 Å². The van der Waals surface area contributed by atoms with Crippen LogP contribution in [0.15, 0.2) is 29.2 Å². The molecule has 1 saturated carbocycles. The number of ketones is 1. The number of fused-ring (bicyclic) bond motifs is 1. The van der Waals surface area contributed by atoms with Crippen LogP contribution in [0.3, 0.4) is 0 Å². The summed E-state index contributed by atoms with van der Waals surface area (Å²) in [4.78, 5) is 26.8. The zero-order valence-electron chi connectivity index (χ0n) is 17.8. The Hall–Kier alpha value is -1.73. The number of likely N-dealkylation sites (tertiary alicyclic amines) is 1. The Bertz CT molecular complexity index is 888. The largest absolute Gasteiger partial charge is 0.342 e. The predicted molar refractivity (Wildman–Crippen MR) is 115 cm³/mol. The lowest BCUT2D eigenvalue weighted by Crippen LogP contribution is -2.49. The summed E-state index contributed by atoms with van der Waals surface area (Å²) in [6, 6.07) is 6.11. The first-order valence-corrected chi connectivity index (χ1v) is 12.7. The van der Waals surface area contributed by atoms with E-state index in [1.807, 2.05) is 0 Å². The van der Waals surface area contributed by atoms with Crippen LogP contribution < -0.4 is 0 Å². The summed E-state index contributed by atoms with van der Waals surface area (Å²) >= 11 is 0. The van der Waals surface area contributed by atoms with Crippen LogP contribution >= 0.6 is 0 Å². The molecule has 2 saturated heterocycles. The standard InChI is InChI=1S/C23H32N2O4S/c1-17(26)18-6-8-22(9-7-18)30(28,29)25-14-11-20(12-15-25)23(27)24-13-10-19-4-2-3-5-21(19)16-24/h6-9,19-21H,2-5,10-16H2,1H3. The Kier molecular flexibility index (Phi) is 6.30. The van der Waals surface area contributed by atoms with E-state index >= 15 is 0 Å². The minimum absolute atomic E-state index is 0.0725. The van der Waals surface area contributed by atoms with Crippen LogP contribution in [0.5, 0.6) is 0 Å². The van der Waals surface area contributed by atoms with E-state index in [0.29, 0.717) is 37.4 Å². The molecule has 7 heteroatoms. The first kappa shape index (κ1) is 21.5. The lowest BCUT2D eigenvalue weighted by molar-refractivity contribution is -0.139. The second-order valence-electron chi connectivity index (χ2n) is 9.14. The van der Waals surface area contributed by atoms with Gasteiger partial charge < -0.3 is 4.90 Å². The Morgan fingerprint density at radius 1 is 0.867 bits per heavy atom. The minimum Gasteiger partial charge on any atom is -0.342 e. The van der Waals surface area contributed by atoms with Gasteiger partial charge in [-0.25, -0.2) is 8.42 Å². The molecule has 3 aliphatic rings. The van der Waals surface area contributed by atoms with E-state index in [4.69, 9.17) is 0 Å². The van der Waals surface area contributed by atoms with Crippen LogP contribution in [0, 0.1) is 17.8 Å². The van der Waals surface area contributed by atoms with E-state index in [1.165, 1.54) is 49.0 Å². The molecule has 0 N–H and O–H groups in total. The molecule has 2 unspecified atom stereocenters. The van der Waals surface area contributed by atoms with Crippen LogP contribution in [0.1, 0.15) is 62.2 Å². The number of carbonyl (C=O) groups excluding carboxylic acids is 2. The number of piperidine rings is 2. The summed E-state index contributed by atoms with van der Waals surface area (Å²) in [6.45, 7) is 3.95. The number of sulfonamides is 1. The molecule has 4 rings (SSSR count). The second-order valence-corrected chi connectivity index (χ2v) is 11.1. The van der Waals surface area contributed by atoms with Crippen molar-refractivity contribution in [3.8, 4) is 0 Å². The number of hydrogen-bond donors (Lipinski definition) is 0. The summed E-state index contributed by atoms with van der Waals surface area (Å²) in [5.41, 5.74) is 0.500. The van der Waals surface area contributed by atoms with Gasteiger partial charge in [-0.2, -0.15) is 4.31 Å². The van der Waals surface area contributed by atoms with Crippen molar-refractivity contribution in [1.82, 2.24) is 9.21 Å². The molecule has 1 aromatic carbocycles. The SMILES string of the molecule is CC(=O)c1ccc(S(=O)(=O)N2CCC(C(=O)N3CCC4CCCCC4C3)CC2)cc1. The van der Waals surface area contributed by atoms with Gasteiger partial charge in [0, 0.05) is 37.7 Å². The first-order valence-electron chi connectivity index (χ1n) is 11.3. The zero-order valence-corrected chi connectivity index (χ0v) is 18.6. The van der Waals surface area contributed by atoms with Gasteiger partial charge in [-0.3, -0.25) is 9.59 Å². The van der Waals surface area contributed by atoms with Gasteiger partial charge in [0.1, 0.15) is 0 Å². The van der Waals surface area contributed by atoms with Crippen LogP contribution in [-0.2, 0) is 14.8 Å². The third kappa shape index (κ3) is 4.33. The molecule has 6 nitrogen and oxygen atoms in total. The number of Topliss-reactive ketones (excluding diaryl/α,β-unsaturated/α-hetero) is 1. The number of carbonyl (C=O) groups is 2. The first-order chi connectivity index (χ1) is 14.4. The smallest absolute Gasteiger partial charge is 0.243 e. The highest BCUT2D eigenvalue weighted by Crippen LogP contribution is 2.37. The molecule has 3 fully saturated rings. The van der Waals surface area contributed by atoms with Gasteiger partial charge in [-0.05, 0) is 56.6 Å². The average Bonchev–Trinajstić information content (AvgIpc) is 2.78. The Morgan fingerprint density at radius 3 is 2.13 bits per heavy atom. The van der Waals surface area contributed by atoms with E-state index in [9.17, 15) is 18.0 Å². The molecular formula is C23H32N2O4S. The van der Waals surface area contributed by atoms with Crippen molar-refractivity contribution >= 4 is 21.7 Å². The van der Waals surface area contributed by atoms with Crippen molar-refractivity contribution < 1.29 is 18.0 Å². The third-order valence-electron chi connectivity index (χ3n) is 7.30. The molecule has 1 amide bonds. The molecular weight excluding hydrogens is 400 g/mol. The summed E-state index contributed by atoms with van der Waals surface area (Å²) in [6.07, 6.45) is 7.46. The normalized spacial score (nSPS) is 26.2. The fraction of sp³-hybridized carbons (Fsp3) is 0.652. The molecule has 164 valence electrons. The predicted octanol–water partition coefficient (Wildman–Crippen LogP) is 3.33. The maximum Gasteiger partial charge on any atom is 0.243 e. The maximum absolute atomic E-state index is 13.1.